The Morgan fingerprint density at radius 1 is 1.29 bits per heavy atom. The molecule has 0 spiro atoms. The summed E-state index contributed by atoms with van der Waals surface area (Å²) >= 11 is 1.73. The predicted octanol–water partition coefficient (Wildman–Crippen LogP) is 4.61. The van der Waals surface area contributed by atoms with Crippen LogP contribution in [-0.2, 0) is 24.4 Å². The van der Waals surface area contributed by atoms with E-state index in [2.05, 4.69) is 55.9 Å². The molecule has 0 aliphatic carbocycles. The number of aromatic amines is 1. The maximum absolute atomic E-state index is 13.1. The lowest BCUT2D eigenvalue weighted by atomic mass is 10.1. The number of benzene rings is 1. The minimum atomic E-state index is -0.0443. The van der Waals surface area contributed by atoms with Crippen molar-refractivity contribution in [2.45, 2.75) is 71.3 Å². The minimum absolute atomic E-state index is 0.0221. The van der Waals surface area contributed by atoms with Crippen LogP contribution in [0.15, 0.2) is 46.6 Å². The molecule has 0 unspecified atom stereocenters. The number of H-pyrrole nitrogens is 1. The zero-order valence-corrected chi connectivity index (χ0v) is 21.1. The Hall–Kier alpha value is -2.88. The molecule has 4 heterocycles. The van der Waals surface area contributed by atoms with Crippen molar-refractivity contribution < 1.29 is 4.74 Å². The number of hydrogen-bond acceptors (Lipinski definition) is 7. The van der Waals surface area contributed by atoms with Crippen LogP contribution in [0.2, 0.25) is 0 Å². The smallest absolute Gasteiger partial charge is 0.252 e. The van der Waals surface area contributed by atoms with E-state index in [0.29, 0.717) is 13.1 Å². The second-order valence-electron chi connectivity index (χ2n) is 9.31. The average Bonchev–Trinajstić information content (AvgIpc) is 3.63. The monoisotopic (exact) mass is 492 g/mol. The van der Waals surface area contributed by atoms with E-state index in [1.165, 1.54) is 4.88 Å². The highest BCUT2D eigenvalue weighted by atomic mass is 32.1. The molecule has 0 saturated carbocycles. The first-order valence-corrected chi connectivity index (χ1v) is 13.3. The number of rotatable bonds is 10. The van der Waals surface area contributed by atoms with Crippen LogP contribution < -0.4 is 5.56 Å². The van der Waals surface area contributed by atoms with Crippen LogP contribution in [0.4, 0.5) is 0 Å². The summed E-state index contributed by atoms with van der Waals surface area (Å²) in [5, 5.41) is 16.0. The van der Waals surface area contributed by atoms with Gasteiger partial charge in [0.05, 0.1) is 24.2 Å². The van der Waals surface area contributed by atoms with Crippen LogP contribution >= 0.6 is 11.3 Å². The van der Waals surface area contributed by atoms with Gasteiger partial charge in [-0.3, -0.25) is 9.69 Å². The van der Waals surface area contributed by atoms with Gasteiger partial charge in [-0.15, -0.1) is 16.4 Å². The molecule has 1 aliphatic heterocycles. The maximum Gasteiger partial charge on any atom is 0.252 e. The number of para-hydroxylation sites is 1. The van der Waals surface area contributed by atoms with Gasteiger partial charge in [0, 0.05) is 30.1 Å². The average molecular weight is 493 g/mol. The largest absolute Gasteiger partial charge is 0.376 e. The van der Waals surface area contributed by atoms with Gasteiger partial charge in [0.25, 0.3) is 5.56 Å². The summed E-state index contributed by atoms with van der Waals surface area (Å²) in [5.41, 5.74) is 2.67. The summed E-state index contributed by atoms with van der Waals surface area (Å²) in [6.07, 6.45) is 4.13. The highest BCUT2D eigenvalue weighted by Crippen LogP contribution is 2.29. The minimum Gasteiger partial charge on any atom is -0.376 e. The lowest BCUT2D eigenvalue weighted by Crippen LogP contribution is -2.33. The van der Waals surface area contributed by atoms with Crippen molar-refractivity contribution in [3.63, 3.8) is 0 Å². The Labute approximate surface area is 208 Å². The van der Waals surface area contributed by atoms with E-state index in [9.17, 15) is 4.79 Å². The van der Waals surface area contributed by atoms with Crippen LogP contribution in [-0.4, -0.2) is 42.8 Å². The molecule has 2 atom stereocenters. The molecule has 184 valence electrons. The molecule has 5 rings (SSSR count). The van der Waals surface area contributed by atoms with E-state index < -0.39 is 0 Å². The quantitative estimate of drug-likeness (QED) is 0.348. The van der Waals surface area contributed by atoms with Gasteiger partial charge in [0.2, 0.25) is 0 Å². The van der Waals surface area contributed by atoms with Gasteiger partial charge in [-0.25, -0.2) is 4.68 Å². The Morgan fingerprint density at radius 2 is 2.20 bits per heavy atom. The molecular weight excluding hydrogens is 460 g/mol. The number of nitrogens with zero attached hydrogens (tertiary/aromatic N) is 5. The fraction of sp³-hybridized carbons (Fsp3) is 0.462. The van der Waals surface area contributed by atoms with Gasteiger partial charge < -0.3 is 9.72 Å². The molecule has 9 heteroatoms. The summed E-state index contributed by atoms with van der Waals surface area (Å²) in [5.74, 6) is 0.840. The van der Waals surface area contributed by atoms with E-state index in [-0.39, 0.29) is 17.7 Å². The normalized spacial score (nSPS) is 16.9. The molecule has 35 heavy (non-hydrogen) atoms. The lowest BCUT2D eigenvalue weighted by Gasteiger charge is -2.30. The van der Waals surface area contributed by atoms with Crippen LogP contribution in [0.1, 0.15) is 60.5 Å². The maximum atomic E-state index is 13.1. The highest BCUT2D eigenvalue weighted by molar-refractivity contribution is 7.09. The SMILES string of the molecule is CCC[C@H](c1nnnn1C[C@H]1CCCO1)N(Cc1cccs1)Cc1cc2cccc(C)c2[nH]c1=O. The van der Waals surface area contributed by atoms with Crippen LogP contribution in [0.3, 0.4) is 0 Å². The number of hydrogen-bond donors (Lipinski definition) is 1. The number of tetrazole rings is 1. The molecule has 1 saturated heterocycles. The third-order valence-electron chi connectivity index (χ3n) is 6.74. The molecule has 1 aliphatic rings. The second-order valence-corrected chi connectivity index (χ2v) is 10.3. The Morgan fingerprint density at radius 3 is 2.97 bits per heavy atom. The number of aromatic nitrogens is 5. The van der Waals surface area contributed by atoms with Crippen molar-refractivity contribution in [2.24, 2.45) is 0 Å². The van der Waals surface area contributed by atoms with Crippen LogP contribution in [0.5, 0.6) is 0 Å². The van der Waals surface area contributed by atoms with Gasteiger partial charge in [0.15, 0.2) is 5.82 Å². The first kappa shape index (κ1) is 23.8. The zero-order chi connectivity index (χ0) is 24.2. The van der Waals surface area contributed by atoms with Gasteiger partial charge in [-0.1, -0.05) is 37.6 Å². The third kappa shape index (κ3) is 5.37. The number of aryl methyl sites for hydroxylation is 1. The van der Waals surface area contributed by atoms with Crippen molar-refractivity contribution in [1.29, 1.82) is 0 Å². The lowest BCUT2D eigenvalue weighted by molar-refractivity contribution is 0.0885. The number of fused-ring (bicyclic) bond motifs is 1. The van der Waals surface area contributed by atoms with Crippen molar-refractivity contribution in [3.05, 3.63) is 74.0 Å². The first-order valence-electron chi connectivity index (χ1n) is 12.4. The summed E-state index contributed by atoms with van der Waals surface area (Å²) in [6, 6.07) is 12.3. The van der Waals surface area contributed by atoms with Crippen molar-refractivity contribution in [3.8, 4) is 0 Å². The van der Waals surface area contributed by atoms with Crippen LogP contribution in [0, 0.1) is 6.92 Å². The first-order chi connectivity index (χ1) is 17.1. The molecule has 1 aromatic carbocycles. The third-order valence-corrected chi connectivity index (χ3v) is 7.60. The van der Waals surface area contributed by atoms with Gasteiger partial charge in [-0.05, 0) is 65.1 Å². The van der Waals surface area contributed by atoms with E-state index in [4.69, 9.17) is 4.74 Å². The van der Waals surface area contributed by atoms with E-state index >= 15 is 0 Å². The summed E-state index contributed by atoms with van der Waals surface area (Å²) in [6.45, 7) is 6.89. The molecule has 8 nitrogen and oxygen atoms in total. The Kier molecular flexibility index (Phi) is 7.36. The summed E-state index contributed by atoms with van der Waals surface area (Å²) < 4.78 is 7.76. The van der Waals surface area contributed by atoms with Gasteiger partial charge >= 0.3 is 0 Å². The van der Waals surface area contributed by atoms with Crippen LogP contribution in [0.25, 0.3) is 10.9 Å². The van der Waals surface area contributed by atoms with Gasteiger partial charge in [-0.2, -0.15) is 0 Å². The molecule has 4 aromatic rings. The van der Waals surface area contributed by atoms with E-state index in [1.54, 1.807) is 11.3 Å². The Bertz CT molecular complexity index is 1310. The molecule has 1 N–H and O–H groups in total. The molecule has 0 radical (unpaired) electrons. The number of ether oxygens (including phenoxy) is 1. The fourth-order valence-corrected chi connectivity index (χ4v) is 5.68. The predicted molar refractivity (Wildman–Crippen MR) is 137 cm³/mol. The fourth-order valence-electron chi connectivity index (χ4n) is 4.95. The van der Waals surface area contributed by atoms with Gasteiger partial charge in [0.1, 0.15) is 0 Å². The van der Waals surface area contributed by atoms with Crippen molar-refractivity contribution >= 4 is 22.2 Å². The topological polar surface area (TPSA) is 88.9 Å². The molecule has 1 fully saturated rings. The molecule has 3 aromatic heterocycles. The standard InChI is InChI=1S/C26H32N6O2S/c1-3-7-23(25-28-29-30-32(25)16-21-10-5-12-34-21)31(17-22-11-6-13-35-22)15-20-14-19-9-4-8-18(2)24(19)27-26(20)33/h4,6,8-9,11,13-14,21,23H,3,5,7,10,12,15-17H2,1-2H3,(H,27,33)/t21-,23-/m1/s1. The zero-order valence-electron chi connectivity index (χ0n) is 20.3. The molecular formula is C26H32N6O2S. The second kappa shape index (κ2) is 10.8. The van der Waals surface area contributed by atoms with E-state index in [1.807, 2.05) is 29.8 Å². The summed E-state index contributed by atoms with van der Waals surface area (Å²) in [4.78, 5) is 19.9. The number of pyridine rings is 1. The number of thiophene rings is 1. The highest BCUT2D eigenvalue weighted by Gasteiger charge is 2.28. The molecule has 0 amide bonds. The van der Waals surface area contributed by atoms with Crippen molar-refractivity contribution in [1.82, 2.24) is 30.1 Å². The Balaban J connectivity index is 1.50. The molecule has 0 bridgehead atoms. The summed E-state index contributed by atoms with van der Waals surface area (Å²) in [7, 11) is 0. The van der Waals surface area contributed by atoms with Crippen molar-refractivity contribution in [2.75, 3.05) is 6.61 Å². The van der Waals surface area contributed by atoms with E-state index in [0.717, 1.165) is 66.7 Å². The number of nitrogens with one attached hydrogen (secondary N) is 1.